The second-order valence-electron chi connectivity index (χ2n) is 14.8. The van der Waals surface area contributed by atoms with Crippen LogP contribution in [0.2, 0.25) is 5.02 Å². The van der Waals surface area contributed by atoms with E-state index in [1.165, 1.54) is 24.3 Å². The molecule has 2 aromatic heterocycles. The van der Waals surface area contributed by atoms with Gasteiger partial charge in [-0.3, -0.25) is 9.97 Å². The van der Waals surface area contributed by atoms with E-state index >= 15 is 0 Å². The van der Waals surface area contributed by atoms with Crippen LogP contribution in [0.25, 0.3) is 89.3 Å². The Morgan fingerprint density at radius 2 is 0.639 bits per heavy atom. The monoisotopic (exact) mass is 816 g/mol. The Bertz CT molecular complexity index is 2760. The standard InChI is InChI=1S/C54H37ClF2N2.C2H6/c1-34-27-53(58-32-51(34)38-19-23-45(56)24-20-38)40-15-11-36(12-16-40)47-7-3-5-9-49(47)42-29-43(31-44(55)30-42)50-10-6-4-8-48(50)37-13-17-41(18-14-37)54-28-35(2)52(33-59-54)39-21-25-46(57)26-22-39;1-2/h3-33H,1-2H3;1-2H3. The van der Waals surface area contributed by atoms with Gasteiger partial charge in [0.2, 0.25) is 0 Å². The summed E-state index contributed by atoms with van der Waals surface area (Å²) in [5, 5.41) is 0.656. The lowest BCUT2D eigenvalue weighted by Crippen LogP contribution is -1.91. The number of aryl methyl sites for hydroxylation is 2. The largest absolute Gasteiger partial charge is 0.256 e. The van der Waals surface area contributed by atoms with Gasteiger partial charge in [0.1, 0.15) is 11.6 Å². The number of pyridine rings is 2. The normalized spacial score (nSPS) is 10.9. The van der Waals surface area contributed by atoms with E-state index < -0.39 is 0 Å². The highest BCUT2D eigenvalue weighted by Gasteiger charge is 2.15. The molecule has 0 fully saturated rings. The first-order valence-electron chi connectivity index (χ1n) is 20.4. The first-order valence-corrected chi connectivity index (χ1v) is 20.8. The summed E-state index contributed by atoms with van der Waals surface area (Å²) < 4.78 is 27.0. The van der Waals surface area contributed by atoms with Gasteiger partial charge in [0.15, 0.2) is 0 Å². The molecule has 5 heteroatoms. The lowest BCUT2D eigenvalue weighted by Gasteiger charge is -2.15. The van der Waals surface area contributed by atoms with E-state index in [9.17, 15) is 8.78 Å². The van der Waals surface area contributed by atoms with Gasteiger partial charge in [0.25, 0.3) is 0 Å². The van der Waals surface area contributed by atoms with Crippen LogP contribution in [-0.4, -0.2) is 9.97 Å². The van der Waals surface area contributed by atoms with Crippen molar-refractivity contribution in [2.24, 2.45) is 0 Å². The molecular weight excluding hydrogens is 774 g/mol. The Morgan fingerprint density at radius 3 is 0.984 bits per heavy atom. The second-order valence-corrected chi connectivity index (χ2v) is 15.2. The third-order valence-corrected chi connectivity index (χ3v) is 11.1. The molecule has 0 N–H and O–H groups in total. The maximum atomic E-state index is 13.5. The fourth-order valence-electron chi connectivity index (χ4n) is 7.81. The van der Waals surface area contributed by atoms with Crippen molar-refractivity contribution >= 4 is 11.6 Å². The number of hydrogen-bond acceptors (Lipinski definition) is 2. The molecule has 0 atom stereocenters. The average molecular weight is 817 g/mol. The topological polar surface area (TPSA) is 25.8 Å². The summed E-state index contributed by atoms with van der Waals surface area (Å²) in [5.41, 5.74) is 18.4. The predicted octanol–water partition coefficient (Wildman–Crippen LogP) is 16.4. The highest BCUT2D eigenvalue weighted by molar-refractivity contribution is 6.31. The molecule has 0 bridgehead atoms. The third-order valence-electron chi connectivity index (χ3n) is 10.9. The molecule has 9 aromatic rings. The van der Waals surface area contributed by atoms with E-state index in [2.05, 4.69) is 129 Å². The van der Waals surface area contributed by atoms with Crippen molar-refractivity contribution in [3.05, 3.63) is 216 Å². The van der Waals surface area contributed by atoms with Gasteiger partial charge in [0.05, 0.1) is 11.4 Å². The van der Waals surface area contributed by atoms with Crippen LogP contribution in [0.3, 0.4) is 0 Å². The van der Waals surface area contributed by atoms with Crippen molar-refractivity contribution in [1.82, 2.24) is 9.97 Å². The molecule has 0 amide bonds. The molecule has 0 unspecified atom stereocenters. The van der Waals surface area contributed by atoms with Crippen LogP contribution in [0.15, 0.2) is 188 Å². The number of nitrogens with zero attached hydrogens (tertiary/aromatic N) is 2. The summed E-state index contributed by atoms with van der Waals surface area (Å²) in [7, 11) is 0. The van der Waals surface area contributed by atoms with Crippen LogP contribution in [-0.2, 0) is 0 Å². The molecule has 0 saturated heterocycles. The van der Waals surface area contributed by atoms with E-state index in [-0.39, 0.29) is 11.6 Å². The Labute approximate surface area is 361 Å². The molecule has 2 heterocycles. The van der Waals surface area contributed by atoms with E-state index in [0.29, 0.717) is 5.02 Å². The smallest absolute Gasteiger partial charge is 0.123 e. The quantitative estimate of drug-likeness (QED) is 0.153. The van der Waals surface area contributed by atoms with E-state index in [4.69, 9.17) is 21.6 Å². The minimum absolute atomic E-state index is 0.254. The van der Waals surface area contributed by atoms with Crippen LogP contribution in [0.4, 0.5) is 8.78 Å². The number of aromatic nitrogens is 2. The minimum Gasteiger partial charge on any atom is -0.256 e. The first kappa shape index (κ1) is 40.8. The van der Waals surface area contributed by atoms with E-state index in [1.54, 1.807) is 24.3 Å². The van der Waals surface area contributed by atoms with Crippen LogP contribution in [0, 0.1) is 25.5 Å². The summed E-state index contributed by atoms with van der Waals surface area (Å²) in [5.74, 6) is -0.509. The zero-order valence-electron chi connectivity index (χ0n) is 34.4. The molecule has 0 saturated carbocycles. The maximum absolute atomic E-state index is 13.5. The number of halogens is 3. The summed E-state index contributed by atoms with van der Waals surface area (Å²) in [6, 6.07) is 57.3. The highest BCUT2D eigenvalue weighted by Crippen LogP contribution is 2.40. The summed E-state index contributed by atoms with van der Waals surface area (Å²) in [6.07, 6.45) is 3.73. The van der Waals surface area contributed by atoms with Crippen molar-refractivity contribution in [1.29, 1.82) is 0 Å². The second kappa shape index (κ2) is 18.1. The van der Waals surface area contributed by atoms with Gasteiger partial charge in [-0.2, -0.15) is 0 Å². The van der Waals surface area contributed by atoms with Crippen molar-refractivity contribution in [2.75, 3.05) is 0 Å². The molecule has 0 aliphatic heterocycles. The van der Waals surface area contributed by atoms with Gasteiger partial charge in [0, 0.05) is 39.7 Å². The molecule has 9 rings (SSSR count). The van der Waals surface area contributed by atoms with Gasteiger partial charge < -0.3 is 0 Å². The van der Waals surface area contributed by atoms with E-state index in [0.717, 1.165) is 100 Å². The Kier molecular flexibility index (Phi) is 12.1. The first-order chi connectivity index (χ1) is 29.8. The van der Waals surface area contributed by atoms with Crippen molar-refractivity contribution in [3.8, 4) is 89.3 Å². The van der Waals surface area contributed by atoms with Gasteiger partial charge in [-0.1, -0.05) is 147 Å². The molecule has 61 heavy (non-hydrogen) atoms. The molecule has 0 radical (unpaired) electrons. The fourth-order valence-corrected chi connectivity index (χ4v) is 8.04. The van der Waals surface area contributed by atoms with Crippen LogP contribution >= 0.6 is 11.6 Å². The van der Waals surface area contributed by atoms with Crippen LogP contribution in [0.5, 0.6) is 0 Å². The molecule has 0 spiro atoms. The van der Waals surface area contributed by atoms with Crippen LogP contribution in [0.1, 0.15) is 25.0 Å². The maximum Gasteiger partial charge on any atom is 0.123 e. The summed E-state index contributed by atoms with van der Waals surface area (Å²) >= 11 is 6.92. The molecular formula is C56H43ClF2N2. The van der Waals surface area contributed by atoms with Gasteiger partial charge >= 0.3 is 0 Å². The lowest BCUT2D eigenvalue weighted by atomic mass is 9.90. The summed E-state index contributed by atoms with van der Waals surface area (Å²) in [4.78, 5) is 9.54. The summed E-state index contributed by atoms with van der Waals surface area (Å²) in [6.45, 7) is 8.11. The minimum atomic E-state index is -0.254. The van der Waals surface area contributed by atoms with E-state index in [1.807, 2.05) is 38.4 Å². The zero-order chi connectivity index (χ0) is 42.5. The average Bonchev–Trinajstić information content (AvgIpc) is 3.30. The van der Waals surface area contributed by atoms with Crippen molar-refractivity contribution in [3.63, 3.8) is 0 Å². The number of rotatable bonds is 8. The Balaban J connectivity index is 0.00000253. The number of benzene rings is 7. The predicted molar refractivity (Wildman–Crippen MR) is 251 cm³/mol. The highest BCUT2D eigenvalue weighted by atomic mass is 35.5. The van der Waals surface area contributed by atoms with Crippen LogP contribution < -0.4 is 0 Å². The molecule has 0 aliphatic carbocycles. The SMILES string of the molecule is CC.Cc1cc(-c2ccc(-c3ccccc3-c3cc(Cl)cc(-c4ccccc4-c4ccc(-c5cc(C)c(-c6ccc(F)cc6)cn5)cc4)c3)cc2)ncc1-c1ccc(F)cc1. The molecule has 0 aliphatic rings. The lowest BCUT2D eigenvalue weighted by molar-refractivity contribution is 0.627. The van der Waals surface area contributed by atoms with Gasteiger partial charge in [-0.05, 0) is 135 Å². The van der Waals surface area contributed by atoms with Crippen molar-refractivity contribution < 1.29 is 8.78 Å². The Morgan fingerprint density at radius 1 is 0.344 bits per heavy atom. The Hall–Kier alpha value is -7.01. The molecule has 7 aromatic carbocycles. The van der Waals surface area contributed by atoms with Gasteiger partial charge in [-0.25, -0.2) is 8.78 Å². The molecule has 2 nitrogen and oxygen atoms in total. The fraction of sp³-hybridized carbons (Fsp3) is 0.0714. The number of hydrogen-bond donors (Lipinski definition) is 0. The van der Waals surface area contributed by atoms with Gasteiger partial charge in [-0.15, -0.1) is 0 Å². The van der Waals surface area contributed by atoms with Crippen molar-refractivity contribution in [2.45, 2.75) is 27.7 Å². The molecule has 298 valence electrons. The third kappa shape index (κ3) is 8.82. The zero-order valence-corrected chi connectivity index (χ0v) is 35.2.